The van der Waals surface area contributed by atoms with Crippen LogP contribution in [-0.4, -0.2) is 30.3 Å². The van der Waals surface area contributed by atoms with Gasteiger partial charge in [-0.15, -0.1) is 0 Å². The van der Waals surface area contributed by atoms with E-state index in [-0.39, 0.29) is 24.6 Å². The van der Waals surface area contributed by atoms with Gasteiger partial charge in [-0.2, -0.15) is 13.2 Å². The van der Waals surface area contributed by atoms with E-state index in [1.165, 1.54) is 47.7 Å². The normalized spacial score (nSPS) is 13.5. The van der Waals surface area contributed by atoms with Crippen molar-refractivity contribution in [3.8, 4) is 0 Å². The van der Waals surface area contributed by atoms with Gasteiger partial charge in [0.05, 0.1) is 24.2 Å². The summed E-state index contributed by atoms with van der Waals surface area (Å²) in [6.45, 7) is -0.323. The monoisotopic (exact) mass is 404 g/mol. The Morgan fingerprint density at radius 3 is 2.45 bits per heavy atom. The summed E-state index contributed by atoms with van der Waals surface area (Å²) >= 11 is 0. The Hall–Kier alpha value is -2.83. The molecule has 0 radical (unpaired) electrons. The van der Waals surface area contributed by atoms with E-state index in [1.807, 2.05) is 12.1 Å². The quantitative estimate of drug-likeness (QED) is 0.811. The van der Waals surface area contributed by atoms with E-state index in [2.05, 4.69) is 11.4 Å². The number of halogens is 3. The van der Waals surface area contributed by atoms with E-state index in [4.69, 9.17) is 0 Å². The fourth-order valence-electron chi connectivity index (χ4n) is 3.54. The number of carbonyl (C=O) groups excluding carboxylic acids is 2. The molecule has 0 aliphatic heterocycles. The standard InChI is InChI=1S/C22H23F3N2O2/c1-27(14-20(28)26-19-9-5-4-8-18(19)22(23,24)25)21(29)13-15-10-11-16-6-2-3-7-17(16)12-15/h4-5,8-12H,2-3,6-7,13-14H2,1H3,(H,26,28). The van der Waals surface area contributed by atoms with Crippen molar-refractivity contribution in [1.82, 2.24) is 4.90 Å². The minimum atomic E-state index is -4.57. The van der Waals surface area contributed by atoms with Crippen molar-refractivity contribution in [2.45, 2.75) is 38.3 Å². The summed E-state index contributed by atoms with van der Waals surface area (Å²) in [4.78, 5) is 25.9. The Kier molecular flexibility index (Phi) is 6.25. The fraction of sp³-hybridized carbons (Fsp3) is 0.364. The molecule has 0 unspecified atom stereocenters. The van der Waals surface area contributed by atoms with Gasteiger partial charge in [0.2, 0.25) is 11.8 Å². The summed E-state index contributed by atoms with van der Waals surface area (Å²) in [5.41, 5.74) is 2.23. The maximum atomic E-state index is 13.0. The van der Waals surface area contributed by atoms with Crippen molar-refractivity contribution in [2.24, 2.45) is 0 Å². The molecule has 2 amide bonds. The molecule has 0 bridgehead atoms. The number of nitrogens with one attached hydrogen (secondary N) is 1. The van der Waals surface area contributed by atoms with Gasteiger partial charge in [-0.05, 0) is 54.5 Å². The third-order valence-corrected chi connectivity index (χ3v) is 5.08. The number of hydrogen-bond acceptors (Lipinski definition) is 2. The maximum absolute atomic E-state index is 13.0. The fourth-order valence-corrected chi connectivity index (χ4v) is 3.54. The Morgan fingerprint density at radius 1 is 1.03 bits per heavy atom. The van der Waals surface area contributed by atoms with Crippen LogP contribution in [0.4, 0.5) is 18.9 Å². The number of anilines is 1. The molecule has 0 atom stereocenters. The number of rotatable bonds is 5. The Morgan fingerprint density at radius 2 is 1.72 bits per heavy atom. The van der Waals surface area contributed by atoms with E-state index < -0.39 is 17.6 Å². The number of alkyl halides is 3. The Labute approximate surface area is 167 Å². The molecule has 154 valence electrons. The van der Waals surface area contributed by atoms with Crippen LogP contribution >= 0.6 is 0 Å². The third kappa shape index (κ3) is 5.37. The van der Waals surface area contributed by atoms with Crippen LogP contribution in [0.25, 0.3) is 0 Å². The van der Waals surface area contributed by atoms with Crippen LogP contribution in [0.2, 0.25) is 0 Å². The van der Waals surface area contributed by atoms with Gasteiger partial charge in [-0.25, -0.2) is 0 Å². The molecule has 0 aromatic heterocycles. The molecule has 0 fully saturated rings. The summed E-state index contributed by atoms with van der Waals surface area (Å²) in [7, 11) is 1.47. The first kappa shape index (κ1) is 20.9. The van der Waals surface area contributed by atoms with Gasteiger partial charge in [0, 0.05) is 7.05 Å². The van der Waals surface area contributed by atoms with Gasteiger partial charge >= 0.3 is 6.18 Å². The number of amides is 2. The molecule has 1 aliphatic carbocycles. The van der Waals surface area contributed by atoms with Gasteiger partial charge in [-0.3, -0.25) is 9.59 Å². The summed E-state index contributed by atoms with van der Waals surface area (Å²) < 4.78 is 39.1. The number of nitrogens with zero attached hydrogens (tertiary/aromatic N) is 1. The molecule has 29 heavy (non-hydrogen) atoms. The number of aryl methyl sites for hydroxylation is 2. The predicted molar refractivity (Wildman–Crippen MR) is 104 cm³/mol. The zero-order valence-electron chi connectivity index (χ0n) is 16.2. The van der Waals surface area contributed by atoms with Crippen LogP contribution in [0.15, 0.2) is 42.5 Å². The molecule has 1 aliphatic rings. The third-order valence-electron chi connectivity index (χ3n) is 5.08. The Balaban J connectivity index is 1.59. The van der Waals surface area contributed by atoms with Crippen LogP contribution < -0.4 is 5.32 Å². The van der Waals surface area contributed by atoms with E-state index >= 15 is 0 Å². The van der Waals surface area contributed by atoms with Crippen molar-refractivity contribution in [3.63, 3.8) is 0 Å². The van der Waals surface area contributed by atoms with Crippen LogP contribution in [-0.2, 0) is 35.0 Å². The molecule has 3 rings (SSSR count). The molecule has 0 saturated heterocycles. The second-order valence-corrected chi connectivity index (χ2v) is 7.33. The molecular weight excluding hydrogens is 381 g/mol. The molecular formula is C22H23F3N2O2. The van der Waals surface area contributed by atoms with Crippen LogP contribution in [0.1, 0.15) is 35.1 Å². The molecule has 4 nitrogen and oxygen atoms in total. The highest BCUT2D eigenvalue weighted by molar-refractivity contribution is 5.95. The minimum absolute atomic E-state index is 0.149. The van der Waals surface area contributed by atoms with Crippen LogP contribution in [0, 0.1) is 0 Å². The lowest BCUT2D eigenvalue weighted by atomic mass is 9.90. The molecule has 2 aromatic rings. The maximum Gasteiger partial charge on any atom is 0.418 e. The summed E-state index contributed by atoms with van der Waals surface area (Å²) in [6.07, 6.45) is -0.0318. The number of carbonyl (C=O) groups is 2. The average molecular weight is 404 g/mol. The summed E-state index contributed by atoms with van der Waals surface area (Å²) in [5.74, 6) is -0.942. The zero-order valence-corrected chi connectivity index (χ0v) is 16.2. The summed E-state index contributed by atoms with van der Waals surface area (Å²) in [6, 6.07) is 10.8. The minimum Gasteiger partial charge on any atom is -0.336 e. The van der Waals surface area contributed by atoms with Gasteiger partial charge in [0.1, 0.15) is 0 Å². The number of para-hydroxylation sites is 1. The van der Waals surface area contributed by atoms with Gasteiger partial charge in [0.15, 0.2) is 0 Å². The zero-order chi connectivity index (χ0) is 21.0. The first-order valence-electron chi connectivity index (χ1n) is 9.55. The molecule has 0 heterocycles. The lowest BCUT2D eigenvalue weighted by molar-refractivity contribution is -0.137. The molecule has 1 N–H and O–H groups in total. The molecule has 0 spiro atoms. The largest absolute Gasteiger partial charge is 0.418 e. The molecule has 0 saturated carbocycles. The van der Waals surface area contributed by atoms with E-state index in [1.54, 1.807) is 0 Å². The lowest BCUT2D eigenvalue weighted by Gasteiger charge is -2.20. The molecule has 7 heteroatoms. The van der Waals surface area contributed by atoms with Crippen molar-refractivity contribution in [2.75, 3.05) is 18.9 Å². The first-order chi connectivity index (χ1) is 13.7. The van der Waals surface area contributed by atoms with Gasteiger partial charge in [0.25, 0.3) is 0 Å². The van der Waals surface area contributed by atoms with Crippen molar-refractivity contribution in [3.05, 3.63) is 64.7 Å². The first-order valence-corrected chi connectivity index (χ1v) is 9.55. The highest BCUT2D eigenvalue weighted by Gasteiger charge is 2.33. The SMILES string of the molecule is CN(CC(=O)Nc1ccccc1C(F)(F)F)C(=O)Cc1ccc2c(c1)CCCC2. The van der Waals surface area contributed by atoms with Crippen molar-refractivity contribution < 1.29 is 22.8 Å². The van der Waals surface area contributed by atoms with Crippen LogP contribution in [0.3, 0.4) is 0 Å². The van der Waals surface area contributed by atoms with E-state index in [9.17, 15) is 22.8 Å². The number of likely N-dealkylation sites (N-methyl/N-ethyl adjacent to an activating group) is 1. The van der Waals surface area contributed by atoms with Crippen molar-refractivity contribution in [1.29, 1.82) is 0 Å². The second kappa shape index (κ2) is 8.68. The average Bonchev–Trinajstić information content (AvgIpc) is 2.67. The highest BCUT2D eigenvalue weighted by Crippen LogP contribution is 2.34. The predicted octanol–water partition coefficient (Wildman–Crippen LogP) is 4.22. The lowest BCUT2D eigenvalue weighted by Crippen LogP contribution is -2.36. The van der Waals surface area contributed by atoms with E-state index in [0.717, 1.165) is 30.9 Å². The number of hydrogen-bond donors (Lipinski definition) is 1. The number of fused-ring (bicyclic) bond motifs is 1. The highest BCUT2D eigenvalue weighted by atomic mass is 19.4. The van der Waals surface area contributed by atoms with Crippen molar-refractivity contribution >= 4 is 17.5 Å². The number of benzene rings is 2. The second-order valence-electron chi connectivity index (χ2n) is 7.33. The Bertz CT molecular complexity index is 909. The van der Waals surface area contributed by atoms with Crippen LogP contribution in [0.5, 0.6) is 0 Å². The van der Waals surface area contributed by atoms with Gasteiger partial charge < -0.3 is 10.2 Å². The van der Waals surface area contributed by atoms with Gasteiger partial charge in [-0.1, -0.05) is 30.3 Å². The van der Waals surface area contributed by atoms with E-state index in [0.29, 0.717) is 0 Å². The topological polar surface area (TPSA) is 49.4 Å². The summed E-state index contributed by atoms with van der Waals surface area (Å²) in [5, 5.41) is 2.25. The smallest absolute Gasteiger partial charge is 0.336 e. The molecule has 2 aromatic carbocycles.